The highest BCUT2D eigenvalue weighted by molar-refractivity contribution is 5.37. The van der Waals surface area contributed by atoms with Crippen LogP contribution in [0.3, 0.4) is 0 Å². The summed E-state index contributed by atoms with van der Waals surface area (Å²) in [6.45, 7) is 6.39. The van der Waals surface area contributed by atoms with Crippen molar-refractivity contribution in [3.05, 3.63) is 53.0 Å². The van der Waals surface area contributed by atoms with Crippen LogP contribution < -0.4 is 5.32 Å². The molecule has 0 fully saturated rings. The number of aliphatic hydroxyl groups is 1. The number of nitrogens with one attached hydrogen (secondary N) is 1. The minimum absolute atomic E-state index is 0.434. The second-order valence-corrected chi connectivity index (χ2v) is 4.96. The zero-order chi connectivity index (χ0) is 14.5. The monoisotopic (exact) mass is 271 g/mol. The number of benzene rings is 1. The van der Waals surface area contributed by atoms with E-state index in [-0.39, 0.29) is 0 Å². The molecule has 4 heteroatoms. The summed E-state index contributed by atoms with van der Waals surface area (Å²) in [4.78, 5) is 8.67. The summed E-state index contributed by atoms with van der Waals surface area (Å²) in [5.41, 5.74) is 3.07. The number of rotatable bonds is 5. The molecule has 1 aromatic carbocycles. The van der Waals surface area contributed by atoms with E-state index in [9.17, 15) is 5.11 Å². The van der Waals surface area contributed by atoms with Crippen molar-refractivity contribution in [2.75, 3.05) is 11.9 Å². The van der Waals surface area contributed by atoms with Crippen molar-refractivity contribution in [2.45, 2.75) is 33.3 Å². The third-order valence-corrected chi connectivity index (χ3v) is 3.16. The highest BCUT2D eigenvalue weighted by atomic mass is 16.3. The molecule has 0 aliphatic heterocycles. The Kier molecular flexibility index (Phi) is 4.69. The lowest BCUT2D eigenvalue weighted by molar-refractivity contribution is 0.191. The fraction of sp³-hybridized carbons (Fsp3) is 0.375. The fourth-order valence-corrected chi connectivity index (χ4v) is 2.10. The first-order valence-electron chi connectivity index (χ1n) is 6.91. The van der Waals surface area contributed by atoms with Gasteiger partial charge < -0.3 is 10.4 Å². The number of hydrogen-bond donors (Lipinski definition) is 2. The molecule has 1 unspecified atom stereocenters. The first kappa shape index (κ1) is 14.5. The minimum Gasteiger partial charge on any atom is -0.387 e. The maximum atomic E-state index is 10.2. The van der Waals surface area contributed by atoms with E-state index in [2.05, 4.69) is 22.2 Å². The molecule has 0 amide bonds. The molecule has 0 radical (unpaired) electrons. The van der Waals surface area contributed by atoms with Crippen molar-refractivity contribution in [2.24, 2.45) is 0 Å². The maximum Gasteiger partial charge on any atom is 0.130 e. The molecule has 2 aromatic rings. The summed E-state index contributed by atoms with van der Waals surface area (Å²) < 4.78 is 0. The normalized spacial score (nSPS) is 12.2. The Balaban J connectivity index is 2.03. The minimum atomic E-state index is -0.546. The molecular weight excluding hydrogens is 250 g/mol. The van der Waals surface area contributed by atoms with Crippen LogP contribution in [0.2, 0.25) is 0 Å². The smallest absolute Gasteiger partial charge is 0.130 e. The van der Waals surface area contributed by atoms with E-state index in [0.717, 1.165) is 34.9 Å². The van der Waals surface area contributed by atoms with Crippen LogP contribution in [0.15, 0.2) is 30.3 Å². The second-order valence-electron chi connectivity index (χ2n) is 4.96. The van der Waals surface area contributed by atoms with Gasteiger partial charge >= 0.3 is 0 Å². The second kappa shape index (κ2) is 6.48. The molecule has 1 atom stereocenters. The number of nitrogens with zero attached hydrogens (tertiary/aromatic N) is 2. The van der Waals surface area contributed by atoms with Crippen molar-refractivity contribution in [1.82, 2.24) is 9.97 Å². The van der Waals surface area contributed by atoms with Gasteiger partial charge in [-0.2, -0.15) is 0 Å². The number of hydrogen-bond acceptors (Lipinski definition) is 4. The summed E-state index contributed by atoms with van der Waals surface area (Å²) in [6, 6.07) is 9.83. The van der Waals surface area contributed by atoms with Crippen LogP contribution in [-0.2, 0) is 6.42 Å². The average molecular weight is 271 g/mol. The predicted molar refractivity (Wildman–Crippen MR) is 80.8 cm³/mol. The molecule has 0 aliphatic carbocycles. The first-order chi connectivity index (χ1) is 9.58. The van der Waals surface area contributed by atoms with E-state index in [1.165, 1.54) is 0 Å². The Labute approximate surface area is 119 Å². The summed E-state index contributed by atoms with van der Waals surface area (Å²) in [5, 5.41) is 13.4. The Bertz CT molecular complexity index is 584. The molecule has 0 spiro atoms. The van der Waals surface area contributed by atoms with Crippen molar-refractivity contribution >= 4 is 5.82 Å². The van der Waals surface area contributed by atoms with Gasteiger partial charge in [0.15, 0.2) is 0 Å². The lowest BCUT2D eigenvalue weighted by atomic mass is 10.1. The van der Waals surface area contributed by atoms with Crippen LogP contribution in [0.5, 0.6) is 0 Å². The van der Waals surface area contributed by atoms with Crippen LogP contribution in [0.4, 0.5) is 5.82 Å². The molecule has 20 heavy (non-hydrogen) atoms. The zero-order valence-corrected chi connectivity index (χ0v) is 12.2. The molecule has 2 N–H and O–H groups in total. The van der Waals surface area contributed by atoms with Crippen molar-refractivity contribution < 1.29 is 5.11 Å². The third-order valence-electron chi connectivity index (χ3n) is 3.16. The largest absolute Gasteiger partial charge is 0.387 e. The molecule has 0 aliphatic rings. The van der Waals surface area contributed by atoms with Gasteiger partial charge in [-0.3, -0.25) is 0 Å². The van der Waals surface area contributed by atoms with E-state index < -0.39 is 6.10 Å². The van der Waals surface area contributed by atoms with Gasteiger partial charge in [0.1, 0.15) is 11.6 Å². The number of aromatic nitrogens is 2. The van der Waals surface area contributed by atoms with E-state index in [0.29, 0.717) is 6.54 Å². The van der Waals surface area contributed by atoms with Crippen LogP contribution in [0.1, 0.15) is 35.7 Å². The molecule has 4 nitrogen and oxygen atoms in total. The standard InChI is InChI=1S/C16H21N3O/c1-4-14-9-16(19-12(3)18-14)17-10-15(20)13-7-5-6-11(2)8-13/h5-9,15,20H,4,10H2,1-3H3,(H,17,18,19). The SMILES string of the molecule is CCc1cc(NCC(O)c2cccc(C)c2)nc(C)n1. The third kappa shape index (κ3) is 3.78. The summed E-state index contributed by atoms with van der Waals surface area (Å²) in [6.07, 6.45) is 0.327. The molecule has 1 heterocycles. The molecule has 1 aromatic heterocycles. The molecule has 0 saturated carbocycles. The fourth-order valence-electron chi connectivity index (χ4n) is 2.10. The molecular formula is C16H21N3O. The van der Waals surface area contributed by atoms with E-state index >= 15 is 0 Å². The highest BCUT2D eigenvalue weighted by Crippen LogP contribution is 2.15. The molecule has 0 bridgehead atoms. The lowest BCUT2D eigenvalue weighted by Crippen LogP contribution is -2.14. The van der Waals surface area contributed by atoms with Crippen molar-refractivity contribution in [3.63, 3.8) is 0 Å². The maximum absolute atomic E-state index is 10.2. The first-order valence-corrected chi connectivity index (χ1v) is 6.91. The van der Waals surface area contributed by atoms with Gasteiger partial charge in [0, 0.05) is 18.3 Å². The van der Waals surface area contributed by atoms with E-state index in [1.54, 1.807) is 0 Å². The lowest BCUT2D eigenvalue weighted by Gasteiger charge is -2.14. The Hall–Kier alpha value is -1.94. The van der Waals surface area contributed by atoms with Gasteiger partial charge in [0.25, 0.3) is 0 Å². The van der Waals surface area contributed by atoms with E-state index in [1.807, 2.05) is 44.2 Å². The quantitative estimate of drug-likeness (QED) is 0.878. The van der Waals surface area contributed by atoms with Crippen molar-refractivity contribution in [3.8, 4) is 0 Å². The van der Waals surface area contributed by atoms with E-state index in [4.69, 9.17) is 0 Å². The average Bonchev–Trinajstić information content (AvgIpc) is 2.44. The Morgan fingerprint density at radius 1 is 1.20 bits per heavy atom. The Morgan fingerprint density at radius 3 is 2.70 bits per heavy atom. The van der Waals surface area contributed by atoms with Gasteiger partial charge in [0.05, 0.1) is 6.10 Å². The van der Waals surface area contributed by atoms with Crippen LogP contribution in [-0.4, -0.2) is 21.6 Å². The van der Waals surface area contributed by atoms with Gasteiger partial charge in [-0.25, -0.2) is 9.97 Å². The topological polar surface area (TPSA) is 58.0 Å². The number of anilines is 1. The van der Waals surface area contributed by atoms with Gasteiger partial charge in [-0.1, -0.05) is 36.8 Å². The van der Waals surface area contributed by atoms with Crippen LogP contribution in [0.25, 0.3) is 0 Å². The number of aryl methyl sites for hydroxylation is 3. The zero-order valence-electron chi connectivity index (χ0n) is 12.2. The summed E-state index contributed by atoms with van der Waals surface area (Å²) >= 11 is 0. The predicted octanol–water partition coefficient (Wildman–Crippen LogP) is 2.80. The van der Waals surface area contributed by atoms with Crippen molar-refractivity contribution in [1.29, 1.82) is 0 Å². The number of aliphatic hydroxyl groups excluding tert-OH is 1. The van der Waals surface area contributed by atoms with Gasteiger partial charge in [-0.15, -0.1) is 0 Å². The molecule has 2 rings (SSSR count). The Morgan fingerprint density at radius 2 is 2.00 bits per heavy atom. The van der Waals surface area contributed by atoms with Crippen LogP contribution in [0, 0.1) is 13.8 Å². The highest BCUT2D eigenvalue weighted by Gasteiger charge is 2.08. The molecule has 0 saturated heterocycles. The summed E-state index contributed by atoms with van der Waals surface area (Å²) in [7, 11) is 0. The van der Waals surface area contributed by atoms with Gasteiger partial charge in [-0.05, 0) is 25.8 Å². The van der Waals surface area contributed by atoms with Gasteiger partial charge in [0.2, 0.25) is 0 Å². The summed E-state index contributed by atoms with van der Waals surface area (Å²) in [5.74, 6) is 1.51. The molecule has 106 valence electrons. The van der Waals surface area contributed by atoms with Crippen LogP contribution >= 0.6 is 0 Å².